The monoisotopic (exact) mass is 355 g/mol. The van der Waals surface area contributed by atoms with Crippen LogP contribution in [0, 0.1) is 5.92 Å². The summed E-state index contributed by atoms with van der Waals surface area (Å²) < 4.78 is 7.82. The fraction of sp³-hybridized carbons (Fsp3) is 0.500. The zero-order chi connectivity index (χ0) is 18.4. The number of aliphatic imine (C=N–C) groups is 1. The lowest BCUT2D eigenvalue weighted by molar-refractivity contribution is 0.288. The van der Waals surface area contributed by atoms with Gasteiger partial charge >= 0.3 is 0 Å². The fourth-order valence-corrected chi connectivity index (χ4v) is 2.69. The van der Waals surface area contributed by atoms with Crippen LogP contribution in [-0.2, 0) is 20.1 Å². The van der Waals surface area contributed by atoms with Crippen molar-refractivity contribution in [2.75, 3.05) is 20.2 Å². The molecular weight excluding hydrogens is 326 g/mol. The van der Waals surface area contributed by atoms with E-state index in [1.54, 1.807) is 0 Å². The van der Waals surface area contributed by atoms with E-state index in [0.29, 0.717) is 12.4 Å². The molecule has 1 aliphatic carbocycles. The predicted molar refractivity (Wildman–Crippen MR) is 104 cm³/mol. The summed E-state index contributed by atoms with van der Waals surface area (Å²) in [7, 11) is 4.12. The van der Waals surface area contributed by atoms with Crippen molar-refractivity contribution in [3.63, 3.8) is 0 Å². The highest BCUT2D eigenvalue weighted by molar-refractivity contribution is 5.79. The number of nitrogens with one attached hydrogen (secondary N) is 1. The summed E-state index contributed by atoms with van der Waals surface area (Å²) in [5.74, 6) is 2.34. The summed E-state index contributed by atoms with van der Waals surface area (Å²) in [6.07, 6.45) is 6.49. The number of hydrogen-bond acceptors (Lipinski definition) is 3. The van der Waals surface area contributed by atoms with Crippen molar-refractivity contribution in [2.24, 2.45) is 18.0 Å². The van der Waals surface area contributed by atoms with Gasteiger partial charge in [0.25, 0.3) is 0 Å². The maximum absolute atomic E-state index is 5.69. The Morgan fingerprint density at radius 3 is 2.85 bits per heavy atom. The molecule has 6 heteroatoms. The van der Waals surface area contributed by atoms with Gasteiger partial charge in [-0.05, 0) is 43.4 Å². The molecule has 1 fully saturated rings. The van der Waals surface area contributed by atoms with Gasteiger partial charge in [0.2, 0.25) is 5.88 Å². The summed E-state index contributed by atoms with van der Waals surface area (Å²) in [5.41, 5.74) is 2.32. The Balaban J connectivity index is 1.57. The van der Waals surface area contributed by atoms with Crippen LogP contribution in [0.3, 0.4) is 0 Å². The molecule has 26 heavy (non-hydrogen) atoms. The normalized spacial score (nSPS) is 14.3. The molecule has 1 N–H and O–H groups in total. The number of aryl methyl sites for hydroxylation is 1. The summed E-state index contributed by atoms with van der Waals surface area (Å²) in [5, 5.41) is 3.36. The zero-order valence-electron chi connectivity index (χ0n) is 16.0. The maximum atomic E-state index is 5.69. The molecule has 1 aliphatic rings. The number of pyridine rings is 1. The van der Waals surface area contributed by atoms with Crippen LogP contribution in [0.1, 0.15) is 31.0 Å². The molecule has 0 saturated heterocycles. The molecule has 0 aliphatic heterocycles. The van der Waals surface area contributed by atoms with E-state index >= 15 is 0 Å². The van der Waals surface area contributed by atoms with Gasteiger partial charge in [-0.1, -0.05) is 6.07 Å². The van der Waals surface area contributed by atoms with Gasteiger partial charge in [-0.2, -0.15) is 0 Å². The SMILES string of the molecule is CCNC(=NCc1ccc(OCC2CC2)nc1)N(C)Cc1cccn1C. The van der Waals surface area contributed by atoms with Crippen LogP contribution in [0.2, 0.25) is 0 Å². The lowest BCUT2D eigenvalue weighted by Crippen LogP contribution is -2.38. The van der Waals surface area contributed by atoms with Crippen LogP contribution in [0.25, 0.3) is 0 Å². The Kier molecular flexibility index (Phi) is 6.15. The molecule has 2 aromatic heterocycles. The number of nitrogens with zero attached hydrogens (tertiary/aromatic N) is 4. The summed E-state index contributed by atoms with van der Waals surface area (Å²) in [4.78, 5) is 11.3. The van der Waals surface area contributed by atoms with Crippen molar-refractivity contribution in [3.8, 4) is 5.88 Å². The first kappa shape index (κ1) is 18.3. The molecule has 0 amide bonds. The van der Waals surface area contributed by atoms with Crippen LogP contribution in [0.15, 0.2) is 41.7 Å². The van der Waals surface area contributed by atoms with E-state index in [0.717, 1.165) is 37.1 Å². The largest absolute Gasteiger partial charge is 0.477 e. The zero-order valence-corrected chi connectivity index (χ0v) is 16.0. The standard InChI is InChI=1S/C20H29N5O/c1-4-21-20(25(3)14-18-6-5-11-24(18)2)23-13-17-9-10-19(22-12-17)26-15-16-7-8-16/h5-6,9-12,16H,4,7-8,13-15H2,1-3H3,(H,21,23). The molecule has 0 unspecified atom stereocenters. The highest BCUT2D eigenvalue weighted by Crippen LogP contribution is 2.29. The smallest absolute Gasteiger partial charge is 0.213 e. The Morgan fingerprint density at radius 2 is 2.23 bits per heavy atom. The van der Waals surface area contributed by atoms with Gasteiger partial charge in [0, 0.05) is 44.8 Å². The van der Waals surface area contributed by atoms with Gasteiger partial charge in [-0.15, -0.1) is 0 Å². The maximum Gasteiger partial charge on any atom is 0.213 e. The number of hydrogen-bond donors (Lipinski definition) is 1. The minimum absolute atomic E-state index is 0.593. The fourth-order valence-electron chi connectivity index (χ4n) is 2.69. The first-order valence-corrected chi connectivity index (χ1v) is 9.33. The van der Waals surface area contributed by atoms with E-state index < -0.39 is 0 Å². The molecule has 1 saturated carbocycles. The number of ether oxygens (including phenoxy) is 1. The van der Waals surface area contributed by atoms with Crippen LogP contribution in [0.5, 0.6) is 5.88 Å². The van der Waals surface area contributed by atoms with Gasteiger partial charge in [-0.25, -0.2) is 9.98 Å². The van der Waals surface area contributed by atoms with Crippen molar-refractivity contribution in [3.05, 3.63) is 47.9 Å². The van der Waals surface area contributed by atoms with Gasteiger partial charge in [0.15, 0.2) is 5.96 Å². The molecule has 0 aromatic carbocycles. The Bertz CT molecular complexity index is 718. The van der Waals surface area contributed by atoms with Crippen molar-refractivity contribution >= 4 is 5.96 Å². The molecule has 2 aromatic rings. The first-order valence-electron chi connectivity index (χ1n) is 9.33. The molecule has 0 radical (unpaired) electrons. The van der Waals surface area contributed by atoms with Crippen molar-refractivity contribution in [1.82, 2.24) is 19.8 Å². The summed E-state index contributed by atoms with van der Waals surface area (Å²) in [6.45, 7) is 5.11. The second-order valence-electron chi connectivity index (χ2n) is 6.90. The molecule has 0 spiro atoms. The Morgan fingerprint density at radius 1 is 1.38 bits per heavy atom. The Labute approximate surface area is 155 Å². The third-order valence-corrected chi connectivity index (χ3v) is 4.52. The first-order chi connectivity index (χ1) is 12.7. The van der Waals surface area contributed by atoms with E-state index in [1.807, 2.05) is 18.3 Å². The van der Waals surface area contributed by atoms with Crippen LogP contribution >= 0.6 is 0 Å². The Hall–Kier alpha value is -2.50. The van der Waals surface area contributed by atoms with Crippen molar-refractivity contribution in [2.45, 2.75) is 32.9 Å². The van der Waals surface area contributed by atoms with E-state index in [-0.39, 0.29) is 0 Å². The van der Waals surface area contributed by atoms with Crippen molar-refractivity contribution in [1.29, 1.82) is 0 Å². The van der Waals surface area contributed by atoms with Gasteiger partial charge in [0.05, 0.1) is 19.7 Å². The van der Waals surface area contributed by atoms with Crippen LogP contribution < -0.4 is 10.1 Å². The lowest BCUT2D eigenvalue weighted by atomic mass is 10.3. The molecule has 140 valence electrons. The number of rotatable bonds is 8. The van der Waals surface area contributed by atoms with Gasteiger partial charge in [0.1, 0.15) is 0 Å². The quantitative estimate of drug-likeness (QED) is 0.584. The molecule has 6 nitrogen and oxygen atoms in total. The average molecular weight is 355 g/mol. The summed E-state index contributed by atoms with van der Waals surface area (Å²) in [6, 6.07) is 8.17. The number of guanidine groups is 1. The lowest BCUT2D eigenvalue weighted by Gasteiger charge is -2.22. The molecule has 0 bridgehead atoms. The molecule has 2 heterocycles. The van der Waals surface area contributed by atoms with Gasteiger partial charge in [-0.3, -0.25) is 0 Å². The third kappa shape index (κ3) is 5.25. The van der Waals surface area contributed by atoms with Crippen LogP contribution in [0.4, 0.5) is 0 Å². The summed E-state index contributed by atoms with van der Waals surface area (Å²) >= 11 is 0. The minimum atomic E-state index is 0.593. The van der Waals surface area contributed by atoms with E-state index in [2.05, 4.69) is 59.1 Å². The third-order valence-electron chi connectivity index (χ3n) is 4.52. The average Bonchev–Trinajstić information content (AvgIpc) is 3.40. The van der Waals surface area contributed by atoms with Crippen LogP contribution in [-0.4, -0.2) is 40.6 Å². The molecule has 3 rings (SSSR count). The molecular formula is C20H29N5O. The second-order valence-corrected chi connectivity index (χ2v) is 6.90. The predicted octanol–water partition coefficient (Wildman–Crippen LogP) is 2.81. The van der Waals surface area contributed by atoms with Crippen molar-refractivity contribution < 1.29 is 4.74 Å². The number of aromatic nitrogens is 2. The highest BCUT2D eigenvalue weighted by atomic mass is 16.5. The van der Waals surface area contributed by atoms with E-state index in [9.17, 15) is 0 Å². The highest BCUT2D eigenvalue weighted by Gasteiger charge is 2.22. The second kappa shape index (κ2) is 8.74. The minimum Gasteiger partial charge on any atom is -0.477 e. The van der Waals surface area contributed by atoms with Gasteiger partial charge < -0.3 is 19.5 Å². The topological polar surface area (TPSA) is 54.7 Å². The molecule has 0 atom stereocenters. The van der Waals surface area contributed by atoms with E-state index in [1.165, 1.54) is 18.5 Å². The van der Waals surface area contributed by atoms with E-state index in [4.69, 9.17) is 9.73 Å².